The Kier molecular flexibility index (Phi) is 7.45. The van der Waals surface area contributed by atoms with Crippen LogP contribution in [0, 0.1) is 0 Å². The molecule has 0 fully saturated rings. The molecule has 6 heteroatoms. The summed E-state index contributed by atoms with van der Waals surface area (Å²) < 4.78 is 5.08. The van der Waals surface area contributed by atoms with E-state index in [4.69, 9.17) is 4.74 Å². The van der Waals surface area contributed by atoms with Gasteiger partial charge in [-0.3, -0.25) is 0 Å². The molecule has 1 aromatic heterocycles. The Morgan fingerprint density at radius 2 is 1.83 bits per heavy atom. The summed E-state index contributed by atoms with van der Waals surface area (Å²) >= 11 is 0. The van der Waals surface area contributed by atoms with E-state index in [0.29, 0.717) is 5.95 Å². The largest absolute Gasteiger partial charge is 0.385 e. The first-order valence-corrected chi connectivity index (χ1v) is 8.25. The highest BCUT2D eigenvalue weighted by Crippen LogP contribution is 2.21. The van der Waals surface area contributed by atoms with Crippen LogP contribution in [0.5, 0.6) is 0 Å². The Morgan fingerprint density at radius 1 is 1.04 bits per heavy atom. The highest BCUT2D eigenvalue weighted by atomic mass is 16.5. The zero-order chi connectivity index (χ0) is 17.2. The summed E-state index contributed by atoms with van der Waals surface area (Å²) in [5.74, 6) is 1.47. The van der Waals surface area contributed by atoms with Gasteiger partial charge in [-0.1, -0.05) is 30.3 Å². The molecule has 0 spiro atoms. The van der Waals surface area contributed by atoms with Crippen LogP contribution >= 0.6 is 0 Å². The van der Waals surface area contributed by atoms with Crippen molar-refractivity contribution < 1.29 is 4.74 Å². The number of likely N-dealkylation sites (N-methyl/N-ethyl adjacent to an activating group) is 1. The van der Waals surface area contributed by atoms with E-state index in [1.54, 1.807) is 7.11 Å². The predicted molar refractivity (Wildman–Crippen MR) is 99.5 cm³/mol. The van der Waals surface area contributed by atoms with Crippen LogP contribution in [0.25, 0.3) is 11.3 Å². The second-order valence-electron chi connectivity index (χ2n) is 5.83. The highest BCUT2D eigenvalue weighted by molar-refractivity contribution is 5.64. The average Bonchev–Trinajstić information content (AvgIpc) is 2.59. The second kappa shape index (κ2) is 9.85. The van der Waals surface area contributed by atoms with Gasteiger partial charge in [-0.2, -0.15) is 4.98 Å². The van der Waals surface area contributed by atoms with Crippen LogP contribution in [-0.4, -0.2) is 62.3 Å². The number of hydrogen-bond donors (Lipinski definition) is 2. The number of hydrogen-bond acceptors (Lipinski definition) is 6. The van der Waals surface area contributed by atoms with Crippen molar-refractivity contribution in [3.05, 3.63) is 36.4 Å². The zero-order valence-electron chi connectivity index (χ0n) is 14.7. The summed E-state index contributed by atoms with van der Waals surface area (Å²) in [6, 6.07) is 12.1. The summed E-state index contributed by atoms with van der Waals surface area (Å²) in [5.41, 5.74) is 1.99. The van der Waals surface area contributed by atoms with Crippen molar-refractivity contribution >= 4 is 11.8 Å². The minimum Gasteiger partial charge on any atom is -0.385 e. The molecule has 0 aliphatic carbocycles. The summed E-state index contributed by atoms with van der Waals surface area (Å²) in [4.78, 5) is 11.3. The lowest BCUT2D eigenvalue weighted by Gasteiger charge is -2.13. The van der Waals surface area contributed by atoms with Crippen molar-refractivity contribution in [2.24, 2.45) is 0 Å². The van der Waals surface area contributed by atoms with Crippen molar-refractivity contribution in [3.63, 3.8) is 0 Å². The molecule has 2 N–H and O–H groups in total. The fourth-order valence-electron chi connectivity index (χ4n) is 2.20. The van der Waals surface area contributed by atoms with Crippen LogP contribution < -0.4 is 10.6 Å². The van der Waals surface area contributed by atoms with Crippen molar-refractivity contribution in [2.75, 3.05) is 58.1 Å². The third-order valence-electron chi connectivity index (χ3n) is 3.47. The molecular weight excluding hydrogens is 302 g/mol. The number of anilines is 2. The van der Waals surface area contributed by atoms with Crippen LogP contribution in [0.15, 0.2) is 36.4 Å². The molecule has 0 atom stereocenters. The topological polar surface area (TPSA) is 62.3 Å². The van der Waals surface area contributed by atoms with E-state index in [1.807, 2.05) is 38.4 Å². The first kappa shape index (κ1) is 18.2. The normalized spacial score (nSPS) is 10.8. The quantitative estimate of drug-likeness (QED) is 0.653. The van der Waals surface area contributed by atoms with E-state index in [2.05, 4.69) is 37.6 Å². The van der Waals surface area contributed by atoms with Crippen LogP contribution in [0.4, 0.5) is 11.8 Å². The van der Waals surface area contributed by atoms with Crippen molar-refractivity contribution in [1.29, 1.82) is 0 Å². The molecule has 0 amide bonds. The molecule has 130 valence electrons. The number of nitrogens with zero attached hydrogens (tertiary/aromatic N) is 3. The van der Waals surface area contributed by atoms with Gasteiger partial charge in [0.15, 0.2) is 0 Å². The lowest BCUT2D eigenvalue weighted by atomic mass is 10.1. The molecule has 0 saturated heterocycles. The van der Waals surface area contributed by atoms with Gasteiger partial charge in [0.25, 0.3) is 0 Å². The van der Waals surface area contributed by atoms with Crippen LogP contribution in [0.1, 0.15) is 6.42 Å². The van der Waals surface area contributed by atoms with Crippen LogP contribution in [0.2, 0.25) is 0 Å². The molecule has 0 aliphatic rings. The van der Waals surface area contributed by atoms with Crippen LogP contribution in [0.3, 0.4) is 0 Å². The van der Waals surface area contributed by atoms with E-state index in [-0.39, 0.29) is 0 Å². The van der Waals surface area contributed by atoms with Gasteiger partial charge in [-0.05, 0) is 20.5 Å². The van der Waals surface area contributed by atoms with Gasteiger partial charge in [0.05, 0.1) is 5.69 Å². The number of nitrogens with one attached hydrogen (secondary N) is 2. The number of ether oxygens (including phenoxy) is 1. The van der Waals surface area contributed by atoms with E-state index < -0.39 is 0 Å². The number of rotatable bonds is 10. The molecule has 24 heavy (non-hydrogen) atoms. The first-order chi connectivity index (χ1) is 11.7. The molecule has 0 radical (unpaired) electrons. The second-order valence-corrected chi connectivity index (χ2v) is 5.83. The maximum Gasteiger partial charge on any atom is 0.225 e. The van der Waals surface area contributed by atoms with Gasteiger partial charge >= 0.3 is 0 Å². The summed E-state index contributed by atoms with van der Waals surface area (Å²) in [6.45, 7) is 3.28. The molecule has 1 aromatic carbocycles. The molecule has 6 nitrogen and oxygen atoms in total. The van der Waals surface area contributed by atoms with Gasteiger partial charge in [0, 0.05) is 45.0 Å². The van der Waals surface area contributed by atoms with Gasteiger partial charge in [-0.25, -0.2) is 4.98 Å². The highest BCUT2D eigenvalue weighted by Gasteiger charge is 2.06. The Morgan fingerprint density at radius 3 is 2.54 bits per heavy atom. The fraction of sp³-hybridized carbons (Fsp3) is 0.444. The van der Waals surface area contributed by atoms with E-state index in [9.17, 15) is 0 Å². The van der Waals surface area contributed by atoms with Crippen molar-refractivity contribution in [3.8, 4) is 11.3 Å². The summed E-state index contributed by atoms with van der Waals surface area (Å²) in [6.07, 6.45) is 0.935. The molecule has 0 aliphatic heterocycles. The van der Waals surface area contributed by atoms with Crippen LogP contribution in [-0.2, 0) is 4.74 Å². The fourth-order valence-corrected chi connectivity index (χ4v) is 2.20. The van der Waals surface area contributed by atoms with E-state index >= 15 is 0 Å². The maximum absolute atomic E-state index is 5.08. The molecule has 2 rings (SSSR count). The molecule has 2 aromatic rings. The molecule has 0 bridgehead atoms. The number of aromatic nitrogens is 2. The predicted octanol–water partition coefficient (Wildman–Crippen LogP) is 2.57. The first-order valence-electron chi connectivity index (χ1n) is 8.25. The average molecular weight is 329 g/mol. The maximum atomic E-state index is 5.08. The van der Waals surface area contributed by atoms with Crippen molar-refractivity contribution in [2.45, 2.75) is 6.42 Å². The van der Waals surface area contributed by atoms with Gasteiger partial charge in [0.2, 0.25) is 5.95 Å². The standard InChI is InChI=1S/C18H27N5O/c1-23(2)12-11-20-18-21-16(15-8-5-4-6-9-15)14-17(22-18)19-10-7-13-24-3/h4-6,8-9,14H,7,10-13H2,1-3H3,(H2,19,20,21,22). The van der Waals surface area contributed by atoms with Gasteiger partial charge in [0.1, 0.15) is 5.82 Å². The SMILES string of the molecule is COCCCNc1cc(-c2ccccc2)nc(NCCN(C)C)n1. The summed E-state index contributed by atoms with van der Waals surface area (Å²) in [7, 11) is 5.81. The molecular formula is C18H27N5O. The third-order valence-corrected chi connectivity index (χ3v) is 3.47. The van der Waals surface area contributed by atoms with E-state index in [0.717, 1.165) is 49.7 Å². The number of benzene rings is 1. The molecule has 1 heterocycles. The van der Waals surface area contributed by atoms with Crippen molar-refractivity contribution in [1.82, 2.24) is 14.9 Å². The summed E-state index contributed by atoms with van der Waals surface area (Å²) in [5, 5.41) is 6.65. The smallest absolute Gasteiger partial charge is 0.225 e. The molecule has 0 unspecified atom stereocenters. The third kappa shape index (κ3) is 6.14. The minimum atomic E-state index is 0.646. The van der Waals surface area contributed by atoms with Gasteiger partial charge < -0.3 is 20.3 Å². The Balaban J connectivity index is 2.13. The lowest BCUT2D eigenvalue weighted by molar-refractivity contribution is 0.198. The Bertz CT molecular complexity index is 604. The number of methoxy groups -OCH3 is 1. The molecule has 0 saturated carbocycles. The van der Waals surface area contributed by atoms with E-state index in [1.165, 1.54) is 0 Å². The minimum absolute atomic E-state index is 0.646. The lowest BCUT2D eigenvalue weighted by Crippen LogP contribution is -2.21. The van der Waals surface area contributed by atoms with Gasteiger partial charge in [-0.15, -0.1) is 0 Å². The zero-order valence-corrected chi connectivity index (χ0v) is 14.7. The Hall–Kier alpha value is -2.18. The monoisotopic (exact) mass is 329 g/mol. The Labute approximate surface area is 144 Å².